The van der Waals surface area contributed by atoms with Crippen LogP contribution in [0, 0.1) is 11.8 Å². The predicted octanol–water partition coefficient (Wildman–Crippen LogP) is 2.78. The van der Waals surface area contributed by atoms with E-state index in [0.29, 0.717) is 24.1 Å². The third-order valence-corrected chi connectivity index (χ3v) is 6.92. The molecular weight excluding hydrogens is 416 g/mol. The zero-order chi connectivity index (χ0) is 23.4. The fourth-order valence-electron chi connectivity index (χ4n) is 4.95. The summed E-state index contributed by atoms with van der Waals surface area (Å²) in [6.45, 7) is 7.66. The average molecular weight is 453 g/mol. The highest BCUT2D eigenvalue weighted by Crippen LogP contribution is 2.26. The fraction of sp³-hybridized carbons (Fsp3) is 0.600. The van der Waals surface area contributed by atoms with E-state index in [2.05, 4.69) is 10.2 Å². The number of carbonyl (C=O) groups is 2. The van der Waals surface area contributed by atoms with Crippen molar-refractivity contribution in [2.24, 2.45) is 17.6 Å². The van der Waals surface area contributed by atoms with Crippen LogP contribution in [0.5, 0.6) is 0 Å². The summed E-state index contributed by atoms with van der Waals surface area (Å²) in [6.07, 6.45) is 5.71. The molecule has 8 nitrogen and oxygen atoms in total. The van der Waals surface area contributed by atoms with E-state index in [9.17, 15) is 9.59 Å². The molecule has 178 valence electrons. The van der Waals surface area contributed by atoms with Gasteiger partial charge in [-0.3, -0.25) is 14.5 Å². The van der Waals surface area contributed by atoms with Crippen molar-refractivity contribution in [1.82, 2.24) is 19.8 Å². The van der Waals surface area contributed by atoms with Gasteiger partial charge in [-0.1, -0.05) is 45.2 Å². The number of carbonyl (C=O) groups excluding carboxylic acids is 2. The minimum Gasteiger partial charge on any atom is -0.368 e. The molecule has 0 radical (unpaired) electrons. The standard InChI is InChI=1S/C25H36N6O2/c1-17(2)22(23(26)32)29-24-19-10-6-7-11-20(19)27-21(28-24)16-30-12-14-31(15-13-30)25(33)18-8-4-3-5-9-18/h6-7,10-11,17-18,22H,3-5,8-9,12-16H2,1-2H3,(H2,26,32)(H,27,28,29). The highest BCUT2D eigenvalue weighted by Gasteiger charge is 2.29. The SMILES string of the molecule is CC(C)C(Nc1nc(CN2CCN(C(=O)C3CCCCC3)CC2)nc2ccccc12)C(N)=O. The molecule has 1 aliphatic heterocycles. The minimum atomic E-state index is -0.509. The van der Waals surface area contributed by atoms with E-state index in [1.807, 2.05) is 43.0 Å². The van der Waals surface area contributed by atoms with Crippen LogP contribution < -0.4 is 11.1 Å². The summed E-state index contributed by atoms with van der Waals surface area (Å²) >= 11 is 0. The van der Waals surface area contributed by atoms with Gasteiger partial charge in [0.1, 0.15) is 17.7 Å². The summed E-state index contributed by atoms with van der Waals surface area (Å²) in [5.74, 6) is 1.55. The molecule has 1 aromatic heterocycles. The smallest absolute Gasteiger partial charge is 0.240 e. The molecule has 2 heterocycles. The summed E-state index contributed by atoms with van der Waals surface area (Å²) in [6, 6.07) is 7.29. The number of para-hydroxylation sites is 1. The van der Waals surface area contributed by atoms with Crippen molar-refractivity contribution in [3.63, 3.8) is 0 Å². The number of nitrogens with two attached hydrogens (primary N) is 1. The third-order valence-electron chi connectivity index (χ3n) is 6.92. The molecule has 2 aromatic rings. The van der Waals surface area contributed by atoms with Crippen LogP contribution in [-0.2, 0) is 16.1 Å². The molecule has 4 rings (SSSR count). The minimum absolute atomic E-state index is 0.0365. The number of amides is 2. The Morgan fingerprint density at radius 3 is 2.42 bits per heavy atom. The van der Waals surface area contributed by atoms with Gasteiger partial charge in [0.15, 0.2) is 0 Å². The number of primary amides is 1. The molecule has 0 bridgehead atoms. The summed E-state index contributed by atoms with van der Waals surface area (Å²) in [7, 11) is 0. The first-order valence-corrected chi connectivity index (χ1v) is 12.2. The maximum Gasteiger partial charge on any atom is 0.240 e. The van der Waals surface area contributed by atoms with Crippen LogP contribution in [-0.4, -0.2) is 63.8 Å². The Bertz CT molecular complexity index is 980. The van der Waals surface area contributed by atoms with Gasteiger partial charge in [0.05, 0.1) is 12.1 Å². The lowest BCUT2D eigenvalue weighted by Gasteiger charge is -2.37. The van der Waals surface area contributed by atoms with E-state index in [4.69, 9.17) is 15.7 Å². The van der Waals surface area contributed by atoms with Crippen LogP contribution in [0.2, 0.25) is 0 Å². The van der Waals surface area contributed by atoms with E-state index in [1.54, 1.807) is 0 Å². The molecule has 1 saturated heterocycles. The molecule has 8 heteroatoms. The van der Waals surface area contributed by atoms with Gasteiger partial charge in [0, 0.05) is 37.5 Å². The number of rotatable bonds is 7. The maximum absolute atomic E-state index is 12.9. The number of benzene rings is 1. The van der Waals surface area contributed by atoms with Gasteiger partial charge in [-0.15, -0.1) is 0 Å². The summed E-state index contributed by atoms with van der Waals surface area (Å²) in [5, 5.41) is 4.13. The van der Waals surface area contributed by atoms with Crippen LogP contribution in [0.1, 0.15) is 51.8 Å². The largest absolute Gasteiger partial charge is 0.368 e. The van der Waals surface area contributed by atoms with Crippen molar-refractivity contribution in [2.45, 2.75) is 58.5 Å². The predicted molar refractivity (Wildman–Crippen MR) is 129 cm³/mol. The first-order chi connectivity index (χ1) is 15.9. The van der Waals surface area contributed by atoms with Crippen molar-refractivity contribution in [3.8, 4) is 0 Å². The molecule has 2 amide bonds. The molecule has 33 heavy (non-hydrogen) atoms. The van der Waals surface area contributed by atoms with Crippen molar-refractivity contribution >= 4 is 28.5 Å². The first kappa shape index (κ1) is 23.4. The molecule has 1 saturated carbocycles. The number of aromatic nitrogens is 2. The molecule has 1 aromatic carbocycles. The summed E-state index contributed by atoms with van der Waals surface area (Å²) in [5.41, 5.74) is 6.46. The number of hydrogen-bond acceptors (Lipinski definition) is 6. The van der Waals surface area contributed by atoms with Gasteiger partial charge in [-0.2, -0.15) is 0 Å². The highest BCUT2D eigenvalue weighted by molar-refractivity contribution is 5.92. The van der Waals surface area contributed by atoms with Gasteiger partial charge in [-0.05, 0) is 30.9 Å². The van der Waals surface area contributed by atoms with Gasteiger partial charge in [0.2, 0.25) is 11.8 Å². The Kier molecular flexibility index (Phi) is 7.42. The Morgan fingerprint density at radius 2 is 1.76 bits per heavy atom. The molecule has 0 spiro atoms. The topological polar surface area (TPSA) is 104 Å². The van der Waals surface area contributed by atoms with Crippen LogP contribution in [0.4, 0.5) is 5.82 Å². The zero-order valence-electron chi connectivity index (χ0n) is 19.8. The number of piperazine rings is 1. The Morgan fingerprint density at radius 1 is 1.06 bits per heavy atom. The van der Waals surface area contributed by atoms with Gasteiger partial charge in [-0.25, -0.2) is 9.97 Å². The molecule has 2 fully saturated rings. The second-order valence-electron chi connectivity index (χ2n) is 9.71. The molecule has 1 atom stereocenters. The second kappa shape index (κ2) is 10.5. The quantitative estimate of drug-likeness (QED) is 0.669. The average Bonchev–Trinajstić information content (AvgIpc) is 2.82. The van der Waals surface area contributed by atoms with E-state index < -0.39 is 11.9 Å². The Labute approximate surface area is 195 Å². The lowest BCUT2D eigenvalue weighted by atomic mass is 9.88. The summed E-state index contributed by atoms with van der Waals surface area (Å²) in [4.78, 5) is 38.7. The lowest BCUT2D eigenvalue weighted by Crippen LogP contribution is -2.50. The maximum atomic E-state index is 12.9. The number of anilines is 1. The fourth-order valence-corrected chi connectivity index (χ4v) is 4.95. The van der Waals surface area contributed by atoms with E-state index in [1.165, 1.54) is 19.3 Å². The van der Waals surface area contributed by atoms with E-state index in [-0.39, 0.29) is 11.8 Å². The third kappa shape index (κ3) is 5.61. The van der Waals surface area contributed by atoms with Crippen molar-refractivity contribution < 1.29 is 9.59 Å². The van der Waals surface area contributed by atoms with Crippen LogP contribution in [0.15, 0.2) is 24.3 Å². The van der Waals surface area contributed by atoms with Crippen molar-refractivity contribution in [1.29, 1.82) is 0 Å². The number of fused-ring (bicyclic) bond motifs is 1. The van der Waals surface area contributed by atoms with Crippen LogP contribution >= 0.6 is 0 Å². The number of hydrogen-bond donors (Lipinski definition) is 2. The molecule has 2 aliphatic rings. The molecular formula is C25H36N6O2. The molecule has 1 aliphatic carbocycles. The normalized spacial score (nSPS) is 19.1. The van der Waals surface area contributed by atoms with E-state index >= 15 is 0 Å². The zero-order valence-corrected chi connectivity index (χ0v) is 19.8. The summed E-state index contributed by atoms with van der Waals surface area (Å²) < 4.78 is 0. The second-order valence-corrected chi connectivity index (χ2v) is 9.71. The molecule has 1 unspecified atom stereocenters. The first-order valence-electron chi connectivity index (χ1n) is 12.2. The van der Waals surface area contributed by atoms with Gasteiger partial charge < -0.3 is 16.0 Å². The molecule has 3 N–H and O–H groups in total. The Hall–Kier alpha value is -2.74. The number of nitrogens with one attached hydrogen (secondary N) is 1. The van der Waals surface area contributed by atoms with Crippen LogP contribution in [0.25, 0.3) is 10.9 Å². The highest BCUT2D eigenvalue weighted by atomic mass is 16.2. The lowest BCUT2D eigenvalue weighted by molar-refractivity contribution is -0.138. The van der Waals surface area contributed by atoms with Crippen molar-refractivity contribution in [3.05, 3.63) is 30.1 Å². The van der Waals surface area contributed by atoms with E-state index in [0.717, 1.165) is 49.9 Å². The van der Waals surface area contributed by atoms with Gasteiger partial charge >= 0.3 is 0 Å². The van der Waals surface area contributed by atoms with Crippen molar-refractivity contribution in [2.75, 3.05) is 31.5 Å². The monoisotopic (exact) mass is 452 g/mol. The van der Waals surface area contributed by atoms with Crippen LogP contribution in [0.3, 0.4) is 0 Å². The van der Waals surface area contributed by atoms with Gasteiger partial charge in [0.25, 0.3) is 0 Å². The Balaban J connectivity index is 1.44. The number of nitrogens with zero attached hydrogens (tertiary/aromatic N) is 4.